The van der Waals surface area contributed by atoms with Gasteiger partial charge in [-0.2, -0.15) is 0 Å². The Morgan fingerprint density at radius 2 is 1.83 bits per heavy atom. The number of ether oxygens (including phenoxy) is 1. The van der Waals surface area contributed by atoms with Crippen molar-refractivity contribution in [3.05, 3.63) is 0 Å². The number of methoxy groups -OCH3 is 1. The van der Waals surface area contributed by atoms with Crippen molar-refractivity contribution in [2.45, 2.75) is 46.5 Å². The van der Waals surface area contributed by atoms with E-state index in [1.54, 1.807) is 7.11 Å². The van der Waals surface area contributed by atoms with Crippen LogP contribution in [0.25, 0.3) is 0 Å². The van der Waals surface area contributed by atoms with Crippen LogP contribution in [0.3, 0.4) is 0 Å². The molecule has 72 valence electrons. The van der Waals surface area contributed by atoms with E-state index in [4.69, 9.17) is 4.74 Å². The van der Waals surface area contributed by atoms with Crippen molar-refractivity contribution < 1.29 is 4.74 Å². The van der Waals surface area contributed by atoms with Gasteiger partial charge in [0.1, 0.15) is 0 Å². The third-order valence-corrected chi connectivity index (χ3v) is 4.02. The molecule has 12 heavy (non-hydrogen) atoms. The molecule has 0 heterocycles. The average Bonchev–Trinajstić information content (AvgIpc) is 2.24. The van der Waals surface area contributed by atoms with E-state index in [0.29, 0.717) is 10.8 Å². The van der Waals surface area contributed by atoms with Gasteiger partial charge in [-0.15, -0.1) is 0 Å². The molecule has 0 spiro atoms. The summed E-state index contributed by atoms with van der Waals surface area (Å²) in [5.74, 6) is 0. The van der Waals surface area contributed by atoms with Gasteiger partial charge in [-0.1, -0.05) is 27.2 Å². The lowest BCUT2D eigenvalue weighted by Gasteiger charge is -2.38. The molecule has 0 bridgehead atoms. The Labute approximate surface area is 76.5 Å². The first-order valence-corrected chi connectivity index (χ1v) is 5.01. The molecule has 1 fully saturated rings. The molecule has 1 nitrogen and oxygen atoms in total. The highest BCUT2D eigenvalue weighted by Gasteiger charge is 2.44. The minimum Gasteiger partial charge on any atom is -0.385 e. The van der Waals surface area contributed by atoms with E-state index in [1.807, 2.05) is 0 Å². The van der Waals surface area contributed by atoms with Gasteiger partial charge in [0.15, 0.2) is 0 Å². The van der Waals surface area contributed by atoms with E-state index < -0.39 is 0 Å². The van der Waals surface area contributed by atoms with Crippen LogP contribution in [0, 0.1) is 10.8 Å². The second kappa shape index (κ2) is 3.37. The second-order valence-corrected chi connectivity index (χ2v) is 5.04. The molecule has 1 aliphatic rings. The summed E-state index contributed by atoms with van der Waals surface area (Å²) in [6, 6.07) is 0. The molecular formula is C11H22O. The normalized spacial score (nSPS) is 34.0. The van der Waals surface area contributed by atoms with Crippen LogP contribution in [-0.2, 0) is 4.74 Å². The molecule has 0 radical (unpaired) electrons. The van der Waals surface area contributed by atoms with Crippen LogP contribution >= 0.6 is 0 Å². The molecule has 0 aromatic carbocycles. The van der Waals surface area contributed by atoms with Gasteiger partial charge in [0.05, 0.1) is 0 Å². The standard InChI is InChI=1S/C11H22O/c1-10(2)6-5-7-11(10,3)8-9-12-4/h5-9H2,1-4H3/t11-/m0/s1. The number of hydrogen-bond donors (Lipinski definition) is 0. The Balaban J connectivity index is 2.56. The van der Waals surface area contributed by atoms with Gasteiger partial charge in [-0.3, -0.25) is 0 Å². The number of rotatable bonds is 3. The molecule has 0 unspecified atom stereocenters. The molecule has 0 saturated heterocycles. The second-order valence-electron chi connectivity index (χ2n) is 5.04. The fourth-order valence-corrected chi connectivity index (χ4v) is 2.35. The van der Waals surface area contributed by atoms with E-state index in [9.17, 15) is 0 Å². The van der Waals surface area contributed by atoms with Crippen LogP contribution in [-0.4, -0.2) is 13.7 Å². The number of hydrogen-bond acceptors (Lipinski definition) is 1. The van der Waals surface area contributed by atoms with Crippen molar-refractivity contribution in [1.82, 2.24) is 0 Å². The molecule has 0 aromatic rings. The summed E-state index contributed by atoms with van der Waals surface area (Å²) in [4.78, 5) is 0. The lowest BCUT2D eigenvalue weighted by Crippen LogP contribution is -2.30. The summed E-state index contributed by atoms with van der Waals surface area (Å²) in [7, 11) is 1.80. The Hall–Kier alpha value is -0.0400. The van der Waals surface area contributed by atoms with E-state index in [2.05, 4.69) is 20.8 Å². The molecule has 0 amide bonds. The van der Waals surface area contributed by atoms with Gasteiger partial charge in [0.25, 0.3) is 0 Å². The maximum absolute atomic E-state index is 5.16. The predicted octanol–water partition coefficient (Wildman–Crippen LogP) is 3.24. The first kappa shape index (κ1) is 10.0. The topological polar surface area (TPSA) is 9.23 Å². The van der Waals surface area contributed by atoms with Gasteiger partial charge in [-0.25, -0.2) is 0 Å². The molecule has 1 aliphatic carbocycles. The van der Waals surface area contributed by atoms with E-state index in [-0.39, 0.29) is 0 Å². The monoisotopic (exact) mass is 170 g/mol. The zero-order chi connectivity index (χ0) is 9.24. The maximum atomic E-state index is 5.16. The van der Waals surface area contributed by atoms with Crippen molar-refractivity contribution in [2.24, 2.45) is 10.8 Å². The van der Waals surface area contributed by atoms with Gasteiger partial charge >= 0.3 is 0 Å². The highest BCUT2D eigenvalue weighted by atomic mass is 16.5. The molecule has 1 saturated carbocycles. The zero-order valence-corrected chi connectivity index (χ0v) is 8.94. The lowest BCUT2D eigenvalue weighted by molar-refractivity contribution is 0.0729. The van der Waals surface area contributed by atoms with Crippen molar-refractivity contribution >= 4 is 0 Å². The van der Waals surface area contributed by atoms with Crippen molar-refractivity contribution in [1.29, 1.82) is 0 Å². The quantitative estimate of drug-likeness (QED) is 0.632. The highest BCUT2D eigenvalue weighted by molar-refractivity contribution is 4.94. The maximum Gasteiger partial charge on any atom is 0.0467 e. The summed E-state index contributed by atoms with van der Waals surface area (Å²) >= 11 is 0. The van der Waals surface area contributed by atoms with Gasteiger partial charge in [0.2, 0.25) is 0 Å². The van der Waals surface area contributed by atoms with E-state index in [0.717, 1.165) is 6.61 Å². The minimum absolute atomic E-state index is 0.517. The molecule has 1 atom stereocenters. The fraction of sp³-hybridized carbons (Fsp3) is 1.00. The predicted molar refractivity (Wildman–Crippen MR) is 52.2 cm³/mol. The Morgan fingerprint density at radius 1 is 1.17 bits per heavy atom. The summed E-state index contributed by atoms with van der Waals surface area (Å²) in [5, 5.41) is 0. The van der Waals surface area contributed by atoms with Gasteiger partial charge < -0.3 is 4.74 Å². The van der Waals surface area contributed by atoms with Crippen LogP contribution in [0.1, 0.15) is 46.5 Å². The van der Waals surface area contributed by atoms with Crippen LogP contribution in [0.4, 0.5) is 0 Å². The highest BCUT2D eigenvalue weighted by Crippen LogP contribution is 2.54. The van der Waals surface area contributed by atoms with Crippen LogP contribution < -0.4 is 0 Å². The molecule has 0 N–H and O–H groups in total. The molecule has 0 aromatic heterocycles. The average molecular weight is 170 g/mol. The third kappa shape index (κ3) is 1.66. The van der Waals surface area contributed by atoms with Crippen molar-refractivity contribution in [2.75, 3.05) is 13.7 Å². The van der Waals surface area contributed by atoms with Gasteiger partial charge in [-0.05, 0) is 30.1 Å². The molecule has 0 aliphatic heterocycles. The summed E-state index contributed by atoms with van der Waals surface area (Å²) in [6.45, 7) is 8.13. The molecular weight excluding hydrogens is 148 g/mol. The van der Waals surface area contributed by atoms with E-state index >= 15 is 0 Å². The Morgan fingerprint density at radius 3 is 2.25 bits per heavy atom. The summed E-state index contributed by atoms with van der Waals surface area (Å²) < 4.78 is 5.16. The molecule has 1 heteroatoms. The van der Waals surface area contributed by atoms with Crippen LogP contribution in [0.15, 0.2) is 0 Å². The third-order valence-electron chi connectivity index (χ3n) is 4.02. The minimum atomic E-state index is 0.517. The SMILES string of the molecule is COCC[C@]1(C)CCCC1(C)C. The first-order valence-electron chi connectivity index (χ1n) is 5.01. The Kier molecular flexibility index (Phi) is 2.82. The van der Waals surface area contributed by atoms with E-state index in [1.165, 1.54) is 25.7 Å². The largest absolute Gasteiger partial charge is 0.385 e. The fourth-order valence-electron chi connectivity index (χ4n) is 2.35. The summed E-state index contributed by atoms with van der Waals surface area (Å²) in [6.07, 6.45) is 5.38. The smallest absolute Gasteiger partial charge is 0.0467 e. The molecule has 1 rings (SSSR count). The van der Waals surface area contributed by atoms with Crippen LogP contribution in [0.5, 0.6) is 0 Å². The Bertz CT molecular complexity index is 151. The first-order chi connectivity index (χ1) is 5.52. The van der Waals surface area contributed by atoms with Crippen molar-refractivity contribution in [3.63, 3.8) is 0 Å². The van der Waals surface area contributed by atoms with Gasteiger partial charge in [0, 0.05) is 13.7 Å². The zero-order valence-electron chi connectivity index (χ0n) is 8.94. The lowest BCUT2D eigenvalue weighted by atomic mass is 9.67. The van der Waals surface area contributed by atoms with Crippen LogP contribution in [0.2, 0.25) is 0 Å². The summed E-state index contributed by atoms with van der Waals surface area (Å²) in [5.41, 5.74) is 1.04. The van der Waals surface area contributed by atoms with Crippen molar-refractivity contribution in [3.8, 4) is 0 Å².